The number of rotatable bonds is 4. The van der Waals surface area contributed by atoms with Crippen molar-refractivity contribution < 1.29 is 4.74 Å². The van der Waals surface area contributed by atoms with Gasteiger partial charge in [-0.05, 0) is 36.6 Å². The lowest BCUT2D eigenvalue weighted by Gasteiger charge is -2.14. The molecule has 6 heteroatoms. The number of benzene rings is 2. The van der Waals surface area contributed by atoms with Crippen molar-refractivity contribution in [2.45, 2.75) is 4.90 Å². The molecule has 0 atom stereocenters. The number of halogens is 2. The second kappa shape index (κ2) is 6.80. The van der Waals surface area contributed by atoms with Crippen LogP contribution in [0.15, 0.2) is 45.8 Å². The lowest BCUT2D eigenvalue weighted by Crippen LogP contribution is -2.12. The summed E-state index contributed by atoms with van der Waals surface area (Å²) in [7, 11) is 0. The largest absolute Gasteiger partial charge is 0.455 e. The van der Waals surface area contributed by atoms with Gasteiger partial charge in [-0.1, -0.05) is 45.8 Å². The van der Waals surface area contributed by atoms with Crippen molar-refractivity contribution in [1.29, 1.82) is 0 Å². The summed E-state index contributed by atoms with van der Waals surface area (Å²) in [6.07, 6.45) is 1.97. The first kappa shape index (κ1) is 15.6. The number of ether oxygens (including phenoxy) is 1. The summed E-state index contributed by atoms with van der Waals surface area (Å²) in [5, 5.41) is 0.525. The molecule has 20 heavy (non-hydrogen) atoms. The minimum atomic E-state index is 0.302. The van der Waals surface area contributed by atoms with Crippen molar-refractivity contribution in [2.24, 2.45) is 5.73 Å². The van der Waals surface area contributed by atoms with E-state index in [9.17, 15) is 0 Å². The van der Waals surface area contributed by atoms with Crippen molar-refractivity contribution in [3.8, 4) is 11.5 Å². The Morgan fingerprint density at radius 3 is 2.70 bits per heavy atom. The predicted octanol–water partition coefficient (Wildman–Crippen LogP) is 5.25. The monoisotopic (exact) mass is 387 g/mol. The highest BCUT2D eigenvalue weighted by Gasteiger charge is 2.14. The first-order valence-corrected chi connectivity index (χ1v) is 8.43. The van der Waals surface area contributed by atoms with Crippen LogP contribution in [0, 0.1) is 0 Å². The predicted molar refractivity (Wildman–Crippen MR) is 93.3 cm³/mol. The minimum absolute atomic E-state index is 0.302. The van der Waals surface area contributed by atoms with Crippen LogP contribution in [-0.2, 0) is 0 Å². The van der Waals surface area contributed by atoms with Crippen LogP contribution in [0.5, 0.6) is 11.5 Å². The van der Waals surface area contributed by atoms with Gasteiger partial charge in [0.15, 0.2) is 0 Å². The molecule has 0 saturated carbocycles. The van der Waals surface area contributed by atoms with E-state index in [1.165, 1.54) is 0 Å². The van der Waals surface area contributed by atoms with Gasteiger partial charge >= 0.3 is 0 Å². The molecular formula is C14H11BrClNOS2. The van der Waals surface area contributed by atoms with Crippen LogP contribution in [0.2, 0.25) is 5.02 Å². The zero-order valence-electron chi connectivity index (χ0n) is 10.5. The van der Waals surface area contributed by atoms with Gasteiger partial charge in [0.25, 0.3) is 0 Å². The minimum Gasteiger partial charge on any atom is -0.455 e. The second-order valence-electron chi connectivity index (χ2n) is 3.87. The van der Waals surface area contributed by atoms with Crippen molar-refractivity contribution in [3.05, 3.63) is 51.5 Å². The molecule has 0 bridgehead atoms. The highest BCUT2D eigenvalue weighted by Crippen LogP contribution is 2.36. The van der Waals surface area contributed by atoms with Gasteiger partial charge in [0.2, 0.25) is 0 Å². The van der Waals surface area contributed by atoms with Crippen molar-refractivity contribution in [3.63, 3.8) is 0 Å². The summed E-state index contributed by atoms with van der Waals surface area (Å²) in [6, 6.07) is 11.1. The van der Waals surface area contributed by atoms with Gasteiger partial charge in [-0.3, -0.25) is 0 Å². The highest BCUT2D eigenvalue weighted by molar-refractivity contribution is 9.10. The second-order valence-corrected chi connectivity index (χ2v) is 6.49. The zero-order chi connectivity index (χ0) is 14.7. The van der Waals surface area contributed by atoms with Gasteiger partial charge in [0.05, 0.1) is 10.6 Å². The molecule has 0 unspecified atom stereocenters. The van der Waals surface area contributed by atoms with E-state index in [1.54, 1.807) is 23.9 Å². The molecule has 2 nitrogen and oxygen atoms in total. The summed E-state index contributed by atoms with van der Waals surface area (Å²) in [5.74, 6) is 1.15. The average Bonchev–Trinajstić information content (AvgIpc) is 2.42. The van der Waals surface area contributed by atoms with Crippen LogP contribution in [0.3, 0.4) is 0 Å². The van der Waals surface area contributed by atoms with Crippen LogP contribution in [-0.4, -0.2) is 11.2 Å². The standard InChI is InChI=1S/C14H11BrClNOS2/c1-20-12-4-2-3-10(13(12)14(17)19)18-11-7-8(15)5-6-9(11)16/h2-7H,1H3,(H2,17,19). The van der Waals surface area contributed by atoms with E-state index >= 15 is 0 Å². The Balaban J connectivity index is 2.48. The van der Waals surface area contributed by atoms with Gasteiger partial charge < -0.3 is 10.5 Å². The quantitative estimate of drug-likeness (QED) is 0.573. The fourth-order valence-corrected chi connectivity index (χ4v) is 3.08. The maximum atomic E-state index is 6.14. The Kier molecular flexibility index (Phi) is 5.32. The summed E-state index contributed by atoms with van der Waals surface area (Å²) >= 11 is 16.2. The van der Waals surface area contributed by atoms with Gasteiger partial charge in [-0.25, -0.2) is 0 Å². The Morgan fingerprint density at radius 2 is 2.05 bits per heavy atom. The Bertz CT molecular complexity index is 664. The van der Waals surface area contributed by atoms with Gasteiger partial charge in [-0.2, -0.15) is 0 Å². The summed E-state index contributed by atoms with van der Waals surface area (Å²) in [6.45, 7) is 0. The smallest absolute Gasteiger partial charge is 0.147 e. The molecule has 0 aliphatic rings. The third-order valence-electron chi connectivity index (χ3n) is 2.57. The van der Waals surface area contributed by atoms with E-state index in [2.05, 4.69) is 15.9 Å². The third-order valence-corrected chi connectivity index (χ3v) is 4.36. The molecule has 2 N–H and O–H groups in total. The van der Waals surface area contributed by atoms with Crippen LogP contribution in [0.25, 0.3) is 0 Å². The van der Waals surface area contributed by atoms with Gasteiger partial charge in [0.1, 0.15) is 16.5 Å². The van der Waals surface area contributed by atoms with Crippen molar-refractivity contribution in [1.82, 2.24) is 0 Å². The number of thiocarbonyl (C=S) groups is 1. The molecule has 2 rings (SSSR count). The molecule has 2 aromatic rings. The van der Waals surface area contributed by atoms with E-state index < -0.39 is 0 Å². The number of thioether (sulfide) groups is 1. The lowest BCUT2D eigenvalue weighted by atomic mass is 10.2. The number of nitrogens with two attached hydrogens (primary N) is 1. The van der Waals surface area contributed by atoms with Crippen LogP contribution in [0.4, 0.5) is 0 Å². The van der Waals surface area contributed by atoms with Crippen molar-refractivity contribution in [2.75, 3.05) is 6.26 Å². The van der Waals surface area contributed by atoms with E-state index in [0.717, 1.165) is 14.9 Å². The lowest BCUT2D eigenvalue weighted by molar-refractivity contribution is 0.480. The molecule has 0 saturated heterocycles. The average molecular weight is 389 g/mol. The fraction of sp³-hybridized carbons (Fsp3) is 0.0714. The fourth-order valence-electron chi connectivity index (χ4n) is 1.68. The summed E-state index contributed by atoms with van der Waals surface area (Å²) in [5.41, 5.74) is 6.54. The number of hydrogen-bond donors (Lipinski definition) is 1. The number of hydrogen-bond acceptors (Lipinski definition) is 3. The molecule has 0 spiro atoms. The SMILES string of the molecule is CSc1cccc(Oc2cc(Br)ccc2Cl)c1C(N)=S. The molecule has 0 fully saturated rings. The normalized spacial score (nSPS) is 10.3. The molecular weight excluding hydrogens is 378 g/mol. The van der Waals surface area contributed by atoms with E-state index in [4.69, 9.17) is 34.3 Å². The molecule has 2 aromatic carbocycles. The maximum Gasteiger partial charge on any atom is 0.147 e. The maximum absolute atomic E-state index is 6.14. The topological polar surface area (TPSA) is 35.2 Å². The molecule has 0 amide bonds. The van der Waals surface area contributed by atoms with Crippen LogP contribution < -0.4 is 10.5 Å². The molecule has 0 heterocycles. The van der Waals surface area contributed by atoms with Crippen LogP contribution in [0.1, 0.15) is 5.56 Å². The van der Waals surface area contributed by atoms with Crippen LogP contribution >= 0.6 is 51.5 Å². The Hall–Kier alpha value is -0.750. The Labute approximate surface area is 140 Å². The third kappa shape index (κ3) is 3.47. The van der Waals surface area contributed by atoms with Crippen molar-refractivity contribution >= 4 is 56.5 Å². The van der Waals surface area contributed by atoms with Gasteiger partial charge in [-0.15, -0.1) is 11.8 Å². The molecule has 104 valence electrons. The first-order valence-electron chi connectivity index (χ1n) is 5.62. The highest BCUT2D eigenvalue weighted by atomic mass is 79.9. The molecule has 0 radical (unpaired) electrons. The van der Waals surface area contributed by atoms with E-state index in [-0.39, 0.29) is 0 Å². The Morgan fingerprint density at radius 1 is 1.30 bits per heavy atom. The van der Waals surface area contributed by atoms with E-state index in [0.29, 0.717) is 21.5 Å². The summed E-state index contributed by atoms with van der Waals surface area (Å²) in [4.78, 5) is 1.28. The molecule has 0 aliphatic heterocycles. The van der Waals surface area contributed by atoms with Gasteiger partial charge in [0, 0.05) is 9.37 Å². The molecule has 0 aromatic heterocycles. The summed E-state index contributed by atoms with van der Waals surface area (Å²) < 4.78 is 6.77. The van der Waals surface area contributed by atoms with E-state index in [1.807, 2.05) is 30.5 Å². The molecule has 0 aliphatic carbocycles. The first-order chi connectivity index (χ1) is 9.52. The zero-order valence-corrected chi connectivity index (χ0v) is 14.5.